The average Bonchev–Trinajstić information content (AvgIpc) is 3.91. The second kappa shape index (κ2) is 11.5. The van der Waals surface area contributed by atoms with E-state index in [9.17, 15) is 0 Å². The van der Waals surface area contributed by atoms with E-state index in [1.165, 1.54) is 55.2 Å². The predicted molar refractivity (Wildman–Crippen MR) is 216 cm³/mol. The van der Waals surface area contributed by atoms with Gasteiger partial charge in [-0.2, -0.15) is 0 Å². The molecular formula is C48H33N5. The molecular weight excluding hydrogens is 647 g/mol. The third-order valence-corrected chi connectivity index (χ3v) is 11.2. The van der Waals surface area contributed by atoms with Crippen molar-refractivity contribution in [1.29, 1.82) is 0 Å². The summed E-state index contributed by atoms with van der Waals surface area (Å²) in [5, 5.41) is 6.26. The molecule has 0 bridgehead atoms. The van der Waals surface area contributed by atoms with Crippen molar-refractivity contribution < 1.29 is 0 Å². The lowest BCUT2D eigenvalue weighted by Crippen LogP contribution is -2.38. The normalized spacial score (nSPS) is 16.1. The summed E-state index contributed by atoms with van der Waals surface area (Å²) < 4.78 is 4.56. The second-order valence-corrected chi connectivity index (χ2v) is 13.8. The number of fused-ring (bicyclic) bond motifs is 8. The molecule has 250 valence electrons. The lowest BCUT2D eigenvalue weighted by Gasteiger charge is -2.35. The molecule has 0 saturated heterocycles. The Hall–Kier alpha value is -6.98. The van der Waals surface area contributed by atoms with Crippen LogP contribution >= 0.6 is 0 Å². The van der Waals surface area contributed by atoms with Gasteiger partial charge in [-0.1, -0.05) is 103 Å². The summed E-state index contributed by atoms with van der Waals surface area (Å²) in [5.41, 5.74) is 15.7. The lowest BCUT2D eigenvalue weighted by molar-refractivity contribution is 0.642. The molecule has 3 aromatic heterocycles. The van der Waals surface area contributed by atoms with Gasteiger partial charge in [-0.3, -0.25) is 9.55 Å². The van der Waals surface area contributed by atoms with Crippen LogP contribution in [0, 0.1) is 0 Å². The van der Waals surface area contributed by atoms with Crippen LogP contribution in [0.15, 0.2) is 188 Å². The summed E-state index contributed by atoms with van der Waals surface area (Å²) in [6.07, 6.45) is 10.4. The molecule has 4 heterocycles. The molecule has 6 aromatic carbocycles. The van der Waals surface area contributed by atoms with Gasteiger partial charge in [0, 0.05) is 40.6 Å². The predicted octanol–water partition coefficient (Wildman–Crippen LogP) is 10.5. The molecule has 1 unspecified atom stereocenters. The lowest BCUT2D eigenvalue weighted by atomic mass is 9.71. The zero-order valence-electron chi connectivity index (χ0n) is 28.8. The quantitative estimate of drug-likeness (QED) is 0.197. The fraction of sp³-hybridized carbons (Fsp3) is 0.0417. The van der Waals surface area contributed by atoms with Gasteiger partial charge in [0.1, 0.15) is 11.7 Å². The van der Waals surface area contributed by atoms with Crippen molar-refractivity contribution in [3.8, 4) is 33.6 Å². The standard InChI is InChI=1S/C48H33N5/c1-3-13-38-36(11-1)46-39(48(38,44-17-7-9-29-49-44)45-18-8-10-30-50-45)27-28-43-47(46)37-12-2-5-15-41(37)53(43)35-25-21-33(22-26-35)32-19-23-34(24-20-32)52-31-51-40-14-4-6-16-42(40)52/h1-29,31,50H,30H2. The number of hydrogen-bond acceptors (Lipinski definition) is 3. The van der Waals surface area contributed by atoms with Crippen molar-refractivity contribution in [2.24, 2.45) is 0 Å². The van der Waals surface area contributed by atoms with E-state index in [0.29, 0.717) is 0 Å². The molecule has 5 nitrogen and oxygen atoms in total. The number of aromatic nitrogens is 4. The third-order valence-electron chi connectivity index (χ3n) is 11.2. The van der Waals surface area contributed by atoms with E-state index in [1.54, 1.807) is 0 Å². The Labute approximate surface area is 306 Å². The summed E-state index contributed by atoms with van der Waals surface area (Å²) in [4.78, 5) is 9.63. The minimum atomic E-state index is -0.572. The second-order valence-electron chi connectivity index (χ2n) is 13.8. The Morgan fingerprint density at radius 1 is 0.585 bits per heavy atom. The Morgan fingerprint density at radius 2 is 1.32 bits per heavy atom. The summed E-state index contributed by atoms with van der Waals surface area (Å²) in [6, 6.07) is 54.6. The van der Waals surface area contributed by atoms with Crippen molar-refractivity contribution in [2.45, 2.75) is 5.41 Å². The van der Waals surface area contributed by atoms with Crippen LogP contribution in [0.4, 0.5) is 0 Å². The number of hydrogen-bond donors (Lipinski definition) is 1. The minimum absolute atomic E-state index is 0.572. The van der Waals surface area contributed by atoms with E-state index in [4.69, 9.17) is 4.98 Å². The Morgan fingerprint density at radius 3 is 2.11 bits per heavy atom. The smallest absolute Gasteiger partial charge is 0.103 e. The number of benzene rings is 6. The molecule has 0 amide bonds. The fourth-order valence-corrected chi connectivity index (χ4v) is 8.89. The zero-order chi connectivity index (χ0) is 34.9. The van der Waals surface area contributed by atoms with E-state index >= 15 is 0 Å². The minimum Gasteiger partial charge on any atom is -0.384 e. The maximum Gasteiger partial charge on any atom is 0.103 e. The van der Waals surface area contributed by atoms with Gasteiger partial charge in [-0.25, -0.2) is 4.98 Å². The molecule has 11 rings (SSSR count). The third kappa shape index (κ3) is 4.25. The first kappa shape index (κ1) is 29.7. The molecule has 5 heteroatoms. The fourth-order valence-electron chi connectivity index (χ4n) is 8.89. The van der Waals surface area contributed by atoms with Gasteiger partial charge in [-0.05, 0) is 100 Å². The SMILES string of the molecule is C1=CCNC(C2(c3ccccn3)c3ccccc3-c3c2ccc2c3c3ccccc3n2-c2ccc(-c3ccc(-n4cnc5ccccc54)cc3)cc2)=C1. The van der Waals surface area contributed by atoms with Crippen molar-refractivity contribution in [3.05, 3.63) is 205 Å². The number of allylic oxidation sites excluding steroid dienone is 3. The van der Waals surface area contributed by atoms with Crippen molar-refractivity contribution in [3.63, 3.8) is 0 Å². The summed E-state index contributed by atoms with van der Waals surface area (Å²) in [5.74, 6) is 0. The Bertz CT molecular complexity index is 2930. The van der Waals surface area contributed by atoms with E-state index in [-0.39, 0.29) is 0 Å². The summed E-state index contributed by atoms with van der Waals surface area (Å²) in [7, 11) is 0. The number of dihydropyridines is 1. The van der Waals surface area contributed by atoms with Crippen molar-refractivity contribution >= 4 is 32.8 Å². The van der Waals surface area contributed by atoms with Gasteiger partial charge in [-0.15, -0.1) is 0 Å². The number of para-hydroxylation sites is 3. The summed E-state index contributed by atoms with van der Waals surface area (Å²) in [6.45, 7) is 0.779. The van der Waals surface area contributed by atoms with E-state index < -0.39 is 5.41 Å². The molecule has 0 fully saturated rings. The first-order valence-corrected chi connectivity index (χ1v) is 18.1. The van der Waals surface area contributed by atoms with E-state index in [1.807, 2.05) is 30.7 Å². The van der Waals surface area contributed by atoms with Gasteiger partial charge < -0.3 is 9.88 Å². The zero-order valence-corrected chi connectivity index (χ0v) is 28.8. The Balaban J connectivity index is 1.07. The average molecular weight is 680 g/mol. The molecule has 2 aliphatic rings. The highest BCUT2D eigenvalue weighted by atomic mass is 15.0. The molecule has 0 radical (unpaired) electrons. The summed E-state index contributed by atoms with van der Waals surface area (Å²) >= 11 is 0. The number of rotatable bonds is 5. The van der Waals surface area contributed by atoms with Gasteiger partial charge in [0.25, 0.3) is 0 Å². The number of nitrogens with zero attached hydrogens (tertiary/aromatic N) is 4. The molecule has 0 spiro atoms. The first-order valence-electron chi connectivity index (χ1n) is 18.1. The molecule has 1 N–H and O–H groups in total. The number of pyridine rings is 1. The maximum atomic E-state index is 5.05. The van der Waals surface area contributed by atoms with E-state index in [0.717, 1.165) is 40.3 Å². The van der Waals surface area contributed by atoms with Crippen LogP contribution in [0.1, 0.15) is 16.8 Å². The highest BCUT2D eigenvalue weighted by Crippen LogP contribution is 2.58. The monoisotopic (exact) mass is 679 g/mol. The van der Waals surface area contributed by atoms with Gasteiger partial charge in [0.05, 0.1) is 27.8 Å². The van der Waals surface area contributed by atoms with Crippen LogP contribution in [-0.2, 0) is 5.41 Å². The van der Waals surface area contributed by atoms with E-state index in [2.05, 4.69) is 171 Å². The van der Waals surface area contributed by atoms with Gasteiger partial charge in [0.15, 0.2) is 0 Å². The number of imidazole rings is 1. The largest absolute Gasteiger partial charge is 0.384 e. The van der Waals surface area contributed by atoms with Crippen LogP contribution in [0.5, 0.6) is 0 Å². The van der Waals surface area contributed by atoms with Crippen LogP contribution < -0.4 is 5.32 Å². The highest BCUT2D eigenvalue weighted by Gasteiger charge is 2.49. The van der Waals surface area contributed by atoms with Crippen molar-refractivity contribution in [2.75, 3.05) is 6.54 Å². The topological polar surface area (TPSA) is 47.7 Å². The molecule has 9 aromatic rings. The van der Waals surface area contributed by atoms with Crippen LogP contribution in [0.3, 0.4) is 0 Å². The van der Waals surface area contributed by atoms with Crippen molar-refractivity contribution in [1.82, 2.24) is 24.4 Å². The molecule has 53 heavy (non-hydrogen) atoms. The number of nitrogens with one attached hydrogen (secondary N) is 1. The van der Waals surface area contributed by atoms with Crippen LogP contribution in [0.25, 0.3) is 66.5 Å². The molecule has 1 atom stereocenters. The maximum absolute atomic E-state index is 5.05. The van der Waals surface area contributed by atoms with Crippen LogP contribution in [0.2, 0.25) is 0 Å². The Kier molecular flexibility index (Phi) is 6.46. The van der Waals surface area contributed by atoms with Crippen LogP contribution in [-0.4, -0.2) is 25.6 Å². The molecule has 0 saturated carbocycles. The highest BCUT2D eigenvalue weighted by molar-refractivity contribution is 6.18. The first-order chi connectivity index (χ1) is 26.3. The van der Waals surface area contributed by atoms with Gasteiger partial charge >= 0.3 is 0 Å². The molecule has 1 aliphatic carbocycles. The van der Waals surface area contributed by atoms with Gasteiger partial charge in [0.2, 0.25) is 0 Å². The molecule has 1 aliphatic heterocycles.